The zero-order chi connectivity index (χ0) is 9.26. The number of halogens is 1. The molecule has 13 heavy (non-hydrogen) atoms. The molecule has 70 valence electrons. The monoisotopic (exact) mass is 199 g/mol. The van der Waals surface area contributed by atoms with Gasteiger partial charge in [-0.1, -0.05) is 11.6 Å². The van der Waals surface area contributed by atoms with Crippen molar-refractivity contribution < 1.29 is 9.47 Å². The summed E-state index contributed by atoms with van der Waals surface area (Å²) in [5.74, 6) is 1.59. The molecular weight excluding hydrogens is 190 g/mol. The zero-order valence-electron chi connectivity index (χ0n) is 7.21. The Morgan fingerprint density at radius 3 is 3.23 bits per heavy atom. The molecule has 1 N–H and O–H groups in total. The van der Waals surface area contributed by atoms with Crippen LogP contribution in [0.1, 0.15) is 6.92 Å². The molecule has 0 amide bonds. The Labute approximate surface area is 81.6 Å². The van der Waals surface area contributed by atoms with Crippen LogP contribution in [0, 0.1) is 0 Å². The number of ether oxygens (including phenoxy) is 2. The van der Waals surface area contributed by atoms with Gasteiger partial charge in [-0.05, 0) is 19.1 Å². The molecule has 1 unspecified atom stereocenters. The minimum atomic E-state index is -0.466. The van der Waals surface area contributed by atoms with Gasteiger partial charge >= 0.3 is 0 Å². The third-order valence-electron chi connectivity index (χ3n) is 1.76. The molecule has 0 saturated heterocycles. The molecule has 4 heteroatoms. The smallest absolute Gasteiger partial charge is 0.248 e. The number of hydrogen-bond donors (Lipinski definition) is 1. The molecule has 0 aromatic heterocycles. The second-order valence-electron chi connectivity index (χ2n) is 2.67. The Kier molecular flexibility index (Phi) is 2.19. The number of anilines is 1. The minimum absolute atomic E-state index is 0.466. The van der Waals surface area contributed by atoms with E-state index in [4.69, 9.17) is 21.1 Å². The van der Waals surface area contributed by atoms with Crippen LogP contribution in [0.5, 0.6) is 11.5 Å². The summed E-state index contributed by atoms with van der Waals surface area (Å²) < 4.78 is 10.6. The second kappa shape index (κ2) is 3.34. The maximum absolute atomic E-state index is 5.73. The molecule has 0 bridgehead atoms. The van der Waals surface area contributed by atoms with Gasteiger partial charge in [-0.3, -0.25) is 0 Å². The molecule has 1 heterocycles. The van der Waals surface area contributed by atoms with Crippen molar-refractivity contribution in [1.29, 1.82) is 0 Å². The normalized spacial score (nSPS) is 18.8. The van der Waals surface area contributed by atoms with Crippen LogP contribution in [0.3, 0.4) is 0 Å². The van der Waals surface area contributed by atoms with Gasteiger partial charge in [0.15, 0.2) is 0 Å². The standard InChI is InChI=1S/C9H10ClNO2/c1-2-12-6-3-4-8-7(5-6)11-9(10)13-8/h3-5,9,11H,2H2,1H3. The van der Waals surface area contributed by atoms with E-state index in [0.29, 0.717) is 6.61 Å². The van der Waals surface area contributed by atoms with Crippen molar-refractivity contribution in [2.24, 2.45) is 0 Å². The summed E-state index contributed by atoms with van der Waals surface area (Å²) in [7, 11) is 0. The lowest BCUT2D eigenvalue weighted by atomic mass is 10.3. The first-order valence-electron chi connectivity index (χ1n) is 4.13. The van der Waals surface area contributed by atoms with E-state index < -0.39 is 5.69 Å². The highest BCUT2D eigenvalue weighted by molar-refractivity contribution is 6.21. The van der Waals surface area contributed by atoms with Gasteiger partial charge in [-0.2, -0.15) is 0 Å². The van der Waals surface area contributed by atoms with Crippen molar-refractivity contribution in [3.8, 4) is 11.5 Å². The first kappa shape index (κ1) is 8.51. The van der Waals surface area contributed by atoms with Gasteiger partial charge in [0.1, 0.15) is 11.5 Å². The van der Waals surface area contributed by atoms with E-state index in [0.717, 1.165) is 17.2 Å². The highest BCUT2D eigenvalue weighted by Crippen LogP contribution is 2.35. The van der Waals surface area contributed by atoms with Crippen LogP contribution < -0.4 is 14.8 Å². The highest BCUT2D eigenvalue weighted by atomic mass is 35.5. The molecule has 3 nitrogen and oxygen atoms in total. The van der Waals surface area contributed by atoms with E-state index in [2.05, 4.69) is 5.32 Å². The number of hydrogen-bond acceptors (Lipinski definition) is 3. The molecule has 1 aromatic carbocycles. The maximum atomic E-state index is 5.73. The van der Waals surface area contributed by atoms with E-state index in [1.54, 1.807) is 0 Å². The molecule has 1 aromatic rings. The van der Waals surface area contributed by atoms with Crippen molar-refractivity contribution >= 4 is 17.3 Å². The quantitative estimate of drug-likeness (QED) is 0.586. The second-order valence-corrected chi connectivity index (χ2v) is 3.07. The summed E-state index contributed by atoms with van der Waals surface area (Å²) in [5.41, 5.74) is 0.415. The van der Waals surface area contributed by atoms with Crippen molar-refractivity contribution in [2.45, 2.75) is 12.6 Å². The van der Waals surface area contributed by atoms with Gasteiger partial charge in [0.05, 0.1) is 12.3 Å². The van der Waals surface area contributed by atoms with E-state index >= 15 is 0 Å². The van der Waals surface area contributed by atoms with Gasteiger partial charge in [-0.25, -0.2) is 0 Å². The van der Waals surface area contributed by atoms with Gasteiger partial charge in [0.25, 0.3) is 0 Å². The average molecular weight is 200 g/mol. The lowest BCUT2D eigenvalue weighted by molar-refractivity contribution is 0.331. The maximum Gasteiger partial charge on any atom is 0.248 e. The van der Waals surface area contributed by atoms with Gasteiger partial charge in [0.2, 0.25) is 5.69 Å². The Morgan fingerprint density at radius 1 is 1.62 bits per heavy atom. The van der Waals surface area contributed by atoms with Crippen LogP contribution in [-0.2, 0) is 0 Å². The number of alkyl halides is 1. The number of fused-ring (bicyclic) bond motifs is 1. The molecule has 1 atom stereocenters. The number of nitrogens with one attached hydrogen (secondary N) is 1. The van der Waals surface area contributed by atoms with E-state index in [1.165, 1.54) is 0 Å². The topological polar surface area (TPSA) is 30.5 Å². The first-order chi connectivity index (χ1) is 6.29. The first-order valence-corrected chi connectivity index (χ1v) is 4.57. The van der Waals surface area contributed by atoms with Crippen LogP contribution >= 0.6 is 11.6 Å². The molecule has 0 radical (unpaired) electrons. The van der Waals surface area contributed by atoms with Crippen LogP contribution in [0.4, 0.5) is 5.69 Å². The Hall–Kier alpha value is -1.09. The van der Waals surface area contributed by atoms with Crippen molar-refractivity contribution in [3.05, 3.63) is 18.2 Å². The molecule has 0 fully saturated rings. The lowest BCUT2D eigenvalue weighted by Gasteiger charge is -2.03. The third-order valence-corrected chi connectivity index (χ3v) is 1.96. The molecular formula is C9H10ClNO2. The largest absolute Gasteiger partial charge is 0.494 e. The summed E-state index contributed by atoms with van der Waals surface area (Å²) in [6.45, 7) is 2.60. The molecule has 0 spiro atoms. The fourth-order valence-electron chi connectivity index (χ4n) is 1.24. The van der Waals surface area contributed by atoms with Crippen molar-refractivity contribution in [1.82, 2.24) is 0 Å². The minimum Gasteiger partial charge on any atom is -0.494 e. The number of benzene rings is 1. The zero-order valence-corrected chi connectivity index (χ0v) is 7.97. The third kappa shape index (κ3) is 1.65. The number of rotatable bonds is 2. The lowest BCUT2D eigenvalue weighted by Crippen LogP contribution is -2.10. The average Bonchev–Trinajstić information content (AvgIpc) is 2.44. The van der Waals surface area contributed by atoms with E-state index in [9.17, 15) is 0 Å². The van der Waals surface area contributed by atoms with Crippen LogP contribution in [-0.4, -0.2) is 12.3 Å². The summed E-state index contributed by atoms with van der Waals surface area (Å²) in [6, 6.07) is 5.58. The fourth-order valence-corrected chi connectivity index (χ4v) is 1.46. The van der Waals surface area contributed by atoms with Crippen LogP contribution in [0.2, 0.25) is 0 Å². The van der Waals surface area contributed by atoms with Gasteiger partial charge < -0.3 is 14.8 Å². The van der Waals surface area contributed by atoms with E-state index in [-0.39, 0.29) is 0 Å². The van der Waals surface area contributed by atoms with Gasteiger partial charge in [0, 0.05) is 6.07 Å². The Bertz CT molecular complexity index is 316. The summed E-state index contributed by atoms with van der Waals surface area (Å²) >= 11 is 5.73. The SMILES string of the molecule is CCOc1ccc2c(c1)NC(Cl)O2. The predicted octanol–water partition coefficient (Wildman–Crippen LogP) is 2.41. The van der Waals surface area contributed by atoms with Gasteiger partial charge in [-0.15, -0.1) is 0 Å². The fraction of sp³-hybridized carbons (Fsp3) is 0.333. The Morgan fingerprint density at radius 2 is 2.46 bits per heavy atom. The van der Waals surface area contributed by atoms with Crippen LogP contribution in [0.15, 0.2) is 18.2 Å². The van der Waals surface area contributed by atoms with Crippen molar-refractivity contribution in [3.63, 3.8) is 0 Å². The predicted molar refractivity (Wildman–Crippen MR) is 51.5 cm³/mol. The van der Waals surface area contributed by atoms with Crippen molar-refractivity contribution in [2.75, 3.05) is 11.9 Å². The molecule has 1 aliphatic rings. The molecule has 0 aliphatic carbocycles. The molecule has 1 aliphatic heterocycles. The summed E-state index contributed by atoms with van der Waals surface area (Å²) in [5, 5.41) is 2.96. The molecule has 0 saturated carbocycles. The molecule has 2 rings (SSSR count). The van der Waals surface area contributed by atoms with E-state index in [1.807, 2.05) is 25.1 Å². The Balaban J connectivity index is 2.24. The highest BCUT2D eigenvalue weighted by Gasteiger charge is 2.19. The summed E-state index contributed by atoms with van der Waals surface area (Å²) in [6.07, 6.45) is 0. The van der Waals surface area contributed by atoms with Crippen LogP contribution in [0.25, 0.3) is 0 Å². The summed E-state index contributed by atoms with van der Waals surface area (Å²) in [4.78, 5) is 0.